The van der Waals surface area contributed by atoms with E-state index in [1.807, 2.05) is 0 Å². The lowest BCUT2D eigenvalue weighted by Gasteiger charge is -2.26. The molecule has 0 radical (unpaired) electrons. The molecule has 8 nitrogen and oxygen atoms in total. The SMILES string of the molecule is COc1ccc([C@@H](CC(N)=O)c2oc(CN3CCCCC3)cc(=O)c2O)cc1OC. The fourth-order valence-corrected chi connectivity index (χ4v) is 3.84. The van der Waals surface area contributed by atoms with Crippen molar-refractivity contribution in [2.75, 3.05) is 27.3 Å². The molecule has 0 spiro atoms. The highest BCUT2D eigenvalue weighted by molar-refractivity contribution is 5.75. The number of piperidine rings is 1. The number of nitrogens with zero attached hydrogens (tertiary/aromatic N) is 1. The summed E-state index contributed by atoms with van der Waals surface area (Å²) in [6.45, 7) is 2.33. The quantitative estimate of drug-likeness (QED) is 0.679. The fraction of sp³-hybridized carbons (Fsp3) is 0.455. The first-order valence-electron chi connectivity index (χ1n) is 10.0. The Balaban J connectivity index is 2.03. The summed E-state index contributed by atoms with van der Waals surface area (Å²) in [4.78, 5) is 26.5. The minimum atomic E-state index is -0.740. The number of ether oxygens (including phenoxy) is 2. The Morgan fingerprint density at radius 1 is 1.17 bits per heavy atom. The maximum atomic E-state index is 12.5. The van der Waals surface area contributed by atoms with E-state index in [9.17, 15) is 14.7 Å². The van der Waals surface area contributed by atoms with Crippen LogP contribution in [0.3, 0.4) is 0 Å². The van der Waals surface area contributed by atoms with Gasteiger partial charge in [0.05, 0.1) is 26.7 Å². The zero-order valence-electron chi connectivity index (χ0n) is 17.3. The first-order chi connectivity index (χ1) is 14.4. The molecule has 0 unspecified atom stereocenters. The Hall–Kier alpha value is -3.00. The highest BCUT2D eigenvalue weighted by Gasteiger charge is 2.27. The van der Waals surface area contributed by atoms with Crippen LogP contribution < -0.4 is 20.6 Å². The highest BCUT2D eigenvalue weighted by atomic mass is 16.5. The lowest BCUT2D eigenvalue weighted by Crippen LogP contribution is -2.29. The van der Waals surface area contributed by atoms with Gasteiger partial charge in [-0.25, -0.2) is 0 Å². The molecule has 1 atom stereocenters. The first-order valence-corrected chi connectivity index (χ1v) is 10.0. The molecule has 1 aliphatic heterocycles. The smallest absolute Gasteiger partial charge is 0.227 e. The first kappa shape index (κ1) is 21.7. The lowest BCUT2D eigenvalue weighted by atomic mass is 9.91. The summed E-state index contributed by atoms with van der Waals surface area (Å²) in [5, 5.41) is 10.5. The average Bonchev–Trinajstić information content (AvgIpc) is 2.74. The molecule has 3 N–H and O–H groups in total. The number of hydrogen-bond donors (Lipinski definition) is 2. The number of hydrogen-bond acceptors (Lipinski definition) is 7. The Kier molecular flexibility index (Phi) is 6.99. The van der Waals surface area contributed by atoms with Gasteiger partial charge in [-0.2, -0.15) is 0 Å². The summed E-state index contributed by atoms with van der Waals surface area (Å²) in [5.41, 5.74) is 5.53. The van der Waals surface area contributed by atoms with E-state index in [0.717, 1.165) is 25.9 Å². The van der Waals surface area contributed by atoms with Gasteiger partial charge < -0.3 is 24.7 Å². The van der Waals surface area contributed by atoms with Crippen molar-refractivity contribution in [1.82, 2.24) is 4.90 Å². The van der Waals surface area contributed by atoms with Gasteiger partial charge >= 0.3 is 0 Å². The van der Waals surface area contributed by atoms with Gasteiger partial charge in [0.25, 0.3) is 0 Å². The van der Waals surface area contributed by atoms with E-state index in [1.165, 1.54) is 26.7 Å². The van der Waals surface area contributed by atoms with E-state index in [0.29, 0.717) is 29.4 Å². The molecule has 1 saturated heterocycles. The van der Waals surface area contributed by atoms with E-state index >= 15 is 0 Å². The summed E-state index contributed by atoms with van der Waals surface area (Å²) in [7, 11) is 3.02. The number of primary amides is 1. The third kappa shape index (κ3) is 4.94. The zero-order valence-corrected chi connectivity index (χ0v) is 17.3. The molecule has 8 heteroatoms. The van der Waals surface area contributed by atoms with Gasteiger partial charge in [0, 0.05) is 12.5 Å². The predicted molar refractivity (Wildman–Crippen MR) is 111 cm³/mol. The molecule has 1 amide bonds. The number of rotatable bonds is 8. The molecule has 1 aromatic carbocycles. The van der Waals surface area contributed by atoms with Crippen LogP contribution in [0.4, 0.5) is 0 Å². The van der Waals surface area contributed by atoms with Gasteiger partial charge in [0.1, 0.15) is 5.76 Å². The molecule has 30 heavy (non-hydrogen) atoms. The zero-order chi connectivity index (χ0) is 21.7. The molecule has 2 heterocycles. The van der Waals surface area contributed by atoms with Crippen LogP contribution >= 0.6 is 0 Å². The number of nitrogens with two attached hydrogens (primary N) is 1. The molecular formula is C22H28N2O6. The standard InChI is InChI=1S/C22H28N2O6/c1-28-18-7-6-14(10-19(18)29-2)16(12-20(23)26)22-21(27)17(25)11-15(30-22)13-24-8-4-3-5-9-24/h6-7,10-11,16,27H,3-5,8-9,12-13H2,1-2H3,(H2,23,26)/t16-/m1/s1. The van der Waals surface area contributed by atoms with Gasteiger partial charge in [-0.05, 0) is 43.6 Å². The number of likely N-dealkylation sites (tertiary alicyclic amines) is 1. The summed E-state index contributed by atoms with van der Waals surface area (Å²) >= 11 is 0. The largest absolute Gasteiger partial charge is 0.502 e. The topological polar surface area (TPSA) is 115 Å². The van der Waals surface area contributed by atoms with Crippen molar-refractivity contribution >= 4 is 5.91 Å². The van der Waals surface area contributed by atoms with Gasteiger partial charge in [-0.15, -0.1) is 0 Å². The number of carbonyl (C=O) groups excluding carboxylic acids is 1. The predicted octanol–water partition coefficient (Wildman–Crippen LogP) is 2.36. The van der Waals surface area contributed by atoms with Crippen molar-refractivity contribution in [1.29, 1.82) is 0 Å². The molecule has 3 rings (SSSR count). The van der Waals surface area contributed by atoms with Gasteiger partial charge in [0.15, 0.2) is 17.3 Å². The molecule has 0 bridgehead atoms. The van der Waals surface area contributed by atoms with Crippen LogP contribution in [0.2, 0.25) is 0 Å². The monoisotopic (exact) mass is 416 g/mol. The number of methoxy groups -OCH3 is 2. The number of benzene rings is 1. The summed E-state index contributed by atoms with van der Waals surface area (Å²) in [5.74, 6) is -0.391. The lowest BCUT2D eigenvalue weighted by molar-refractivity contribution is -0.118. The van der Waals surface area contributed by atoms with Gasteiger partial charge in [-0.1, -0.05) is 12.5 Å². The van der Waals surface area contributed by atoms with Crippen molar-refractivity contribution in [2.45, 2.75) is 38.1 Å². The molecule has 0 aliphatic carbocycles. The second-order valence-electron chi connectivity index (χ2n) is 7.46. The van der Waals surface area contributed by atoms with Crippen molar-refractivity contribution in [3.8, 4) is 17.2 Å². The van der Waals surface area contributed by atoms with E-state index in [-0.39, 0.29) is 12.2 Å². The summed E-state index contributed by atoms with van der Waals surface area (Å²) < 4.78 is 16.6. The summed E-state index contributed by atoms with van der Waals surface area (Å²) in [6, 6.07) is 6.41. The highest BCUT2D eigenvalue weighted by Crippen LogP contribution is 2.37. The molecule has 1 aromatic heterocycles. The molecule has 0 saturated carbocycles. The van der Waals surface area contributed by atoms with Crippen LogP contribution in [0.25, 0.3) is 0 Å². The minimum absolute atomic E-state index is 0.0283. The van der Waals surface area contributed by atoms with Crippen LogP contribution in [0.15, 0.2) is 33.5 Å². The van der Waals surface area contributed by atoms with Crippen molar-refractivity contribution in [3.05, 3.63) is 51.6 Å². The third-order valence-corrected chi connectivity index (χ3v) is 5.36. The number of carbonyl (C=O) groups is 1. The number of aromatic hydroxyl groups is 1. The van der Waals surface area contributed by atoms with Gasteiger partial charge in [-0.3, -0.25) is 14.5 Å². The second kappa shape index (κ2) is 9.67. The van der Waals surface area contributed by atoms with Crippen LogP contribution in [0.1, 0.15) is 48.7 Å². The Labute approximate surface area is 175 Å². The molecule has 162 valence electrons. The fourth-order valence-electron chi connectivity index (χ4n) is 3.84. The average molecular weight is 416 g/mol. The Bertz CT molecular complexity index is 949. The van der Waals surface area contributed by atoms with E-state index in [4.69, 9.17) is 19.6 Å². The van der Waals surface area contributed by atoms with Crippen LogP contribution in [0, 0.1) is 0 Å². The minimum Gasteiger partial charge on any atom is -0.502 e. The second-order valence-corrected chi connectivity index (χ2v) is 7.46. The third-order valence-electron chi connectivity index (χ3n) is 5.36. The Morgan fingerprint density at radius 3 is 2.50 bits per heavy atom. The van der Waals surface area contributed by atoms with Crippen LogP contribution in [0.5, 0.6) is 17.2 Å². The van der Waals surface area contributed by atoms with Crippen molar-refractivity contribution in [3.63, 3.8) is 0 Å². The van der Waals surface area contributed by atoms with Crippen molar-refractivity contribution in [2.24, 2.45) is 5.73 Å². The Morgan fingerprint density at radius 2 is 1.87 bits per heavy atom. The normalized spacial score (nSPS) is 15.5. The molecular weight excluding hydrogens is 388 g/mol. The van der Waals surface area contributed by atoms with E-state index in [1.54, 1.807) is 18.2 Å². The van der Waals surface area contributed by atoms with Crippen molar-refractivity contribution < 1.29 is 23.8 Å². The molecule has 2 aromatic rings. The van der Waals surface area contributed by atoms with E-state index < -0.39 is 23.0 Å². The maximum absolute atomic E-state index is 12.5. The maximum Gasteiger partial charge on any atom is 0.227 e. The summed E-state index contributed by atoms with van der Waals surface area (Å²) in [6.07, 6.45) is 3.26. The van der Waals surface area contributed by atoms with E-state index in [2.05, 4.69) is 4.90 Å². The van der Waals surface area contributed by atoms with Crippen LogP contribution in [-0.4, -0.2) is 43.2 Å². The van der Waals surface area contributed by atoms with Gasteiger partial charge in [0.2, 0.25) is 17.1 Å². The number of amides is 1. The molecule has 1 aliphatic rings. The molecule has 1 fully saturated rings. The van der Waals surface area contributed by atoms with Crippen LogP contribution in [-0.2, 0) is 11.3 Å².